The molecule has 1 atom stereocenters. The van der Waals surface area contributed by atoms with Crippen molar-refractivity contribution in [1.82, 2.24) is 5.32 Å². The van der Waals surface area contributed by atoms with Crippen LogP contribution in [0.1, 0.15) is 20.8 Å². The highest BCUT2D eigenvalue weighted by molar-refractivity contribution is 7.87. The van der Waals surface area contributed by atoms with E-state index in [4.69, 9.17) is 9.66 Å². The number of nitrogens with one attached hydrogen (secondary N) is 1. The molecular weight excluding hydrogens is 250 g/mol. The van der Waals surface area contributed by atoms with Crippen molar-refractivity contribution in [2.24, 2.45) is 0 Å². The first-order valence-electron chi connectivity index (χ1n) is 4.56. The zero-order valence-corrected chi connectivity index (χ0v) is 10.5. The maximum absolute atomic E-state index is 11.3. The lowest BCUT2D eigenvalue weighted by molar-refractivity contribution is -0.138. The van der Waals surface area contributed by atoms with Gasteiger partial charge in [0.05, 0.1) is 5.54 Å². The standard InChI is InChI=1S/C9H15NO6S/c1-5(2)7(11)10-9(3,4)6(8(12)13)17(14,15)16/h6H,1H2,2-4H3,(H,10,11)(H,12,13)(H,14,15,16). The van der Waals surface area contributed by atoms with Gasteiger partial charge in [0.2, 0.25) is 11.2 Å². The quantitative estimate of drug-likeness (QED) is 0.467. The lowest BCUT2D eigenvalue weighted by Gasteiger charge is -2.30. The van der Waals surface area contributed by atoms with Gasteiger partial charge in [-0.05, 0) is 20.8 Å². The summed E-state index contributed by atoms with van der Waals surface area (Å²) in [6.45, 7) is 7.08. The smallest absolute Gasteiger partial charge is 0.326 e. The molecule has 0 aromatic heterocycles. The van der Waals surface area contributed by atoms with Crippen molar-refractivity contribution in [2.45, 2.75) is 31.6 Å². The fraction of sp³-hybridized carbons (Fsp3) is 0.556. The number of hydrogen-bond acceptors (Lipinski definition) is 4. The Bertz CT molecular complexity index is 450. The predicted molar refractivity (Wildman–Crippen MR) is 60.0 cm³/mol. The van der Waals surface area contributed by atoms with Crippen LogP contribution in [0, 0.1) is 0 Å². The molecule has 0 radical (unpaired) electrons. The Morgan fingerprint density at radius 1 is 1.35 bits per heavy atom. The maximum Gasteiger partial charge on any atom is 0.326 e. The van der Waals surface area contributed by atoms with Crippen LogP contribution in [-0.2, 0) is 19.7 Å². The molecule has 3 N–H and O–H groups in total. The van der Waals surface area contributed by atoms with E-state index in [1.807, 2.05) is 0 Å². The molecule has 0 aromatic carbocycles. The van der Waals surface area contributed by atoms with E-state index in [2.05, 4.69) is 11.9 Å². The molecule has 0 fully saturated rings. The highest BCUT2D eigenvalue weighted by atomic mass is 32.2. The minimum Gasteiger partial charge on any atom is -0.480 e. The van der Waals surface area contributed by atoms with E-state index in [0.29, 0.717) is 0 Å². The second kappa shape index (κ2) is 4.84. The van der Waals surface area contributed by atoms with Crippen molar-refractivity contribution < 1.29 is 27.7 Å². The van der Waals surface area contributed by atoms with E-state index < -0.39 is 32.8 Å². The molecule has 7 nitrogen and oxygen atoms in total. The normalized spacial score (nSPS) is 13.9. The zero-order chi connectivity index (χ0) is 14.0. The highest BCUT2D eigenvalue weighted by Crippen LogP contribution is 2.17. The lowest BCUT2D eigenvalue weighted by Crippen LogP contribution is -2.58. The summed E-state index contributed by atoms with van der Waals surface area (Å²) >= 11 is 0. The average Bonchev–Trinajstić information content (AvgIpc) is 1.96. The zero-order valence-electron chi connectivity index (χ0n) is 9.72. The third kappa shape index (κ3) is 4.16. The molecule has 0 rings (SSSR count). The van der Waals surface area contributed by atoms with Crippen molar-refractivity contribution in [3.8, 4) is 0 Å². The molecule has 98 valence electrons. The van der Waals surface area contributed by atoms with E-state index >= 15 is 0 Å². The van der Waals surface area contributed by atoms with Crippen LogP contribution in [0.2, 0.25) is 0 Å². The molecular formula is C9H15NO6S. The summed E-state index contributed by atoms with van der Waals surface area (Å²) in [5.41, 5.74) is -1.58. The van der Waals surface area contributed by atoms with Gasteiger partial charge in [0.25, 0.3) is 10.1 Å². The van der Waals surface area contributed by atoms with E-state index in [1.54, 1.807) is 0 Å². The van der Waals surface area contributed by atoms with Gasteiger partial charge in [0.1, 0.15) is 0 Å². The molecule has 0 spiro atoms. The highest BCUT2D eigenvalue weighted by Gasteiger charge is 2.45. The van der Waals surface area contributed by atoms with Gasteiger partial charge in [-0.25, -0.2) is 0 Å². The third-order valence-electron chi connectivity index (χ3n) is 2.00. The number of carbonyl (C=O) groups is 2. The molecule has 1 amide bonds. The number of amides is 1. The fourth-order valence-electron chi connectivity index (χ4n) is 1.27. The van der Waals surface area contributed by atoms with Gasteiger partial charge in [0, 0.05) is 5.57 Å². The SMILES string of the molecule is C=C(C)C(=O)NC(C)(C)C(C(=O)O)S(=O)(=O)O. The minimum atomic E-state index is -4.84. The second-order valence-corrected chi connectivity index (χ2v) is 5.69. The van der Waals surface area contributed by atoms with Gasteiger partial charge in [-0.15, -0.1) is 0 Å². The van der Waals surface area contributed by atoms with Gasteiger partial charge in [-0.3, -0.25) is 14.1 Å². The summed E-state index contributed by atoms with van der Waals surface area (Å²) in [6, 6.07) is 0. The number of hydrogen-bond donors (Lipinski definition) is 3. The van der Waals surface area contributed by atoms with Gasteiger partial charge < -0.3 is 10.4 Å². The summed E-state index contributed by atoms with van der Waals surface area (Å²) < 4.78 is 30.8. The van der Waals surface area contributed by atoms with Gasteiger partial charge in [0.15, 0.2) is 0 Å². The predicted octanol–water partition coefficient (Wildman–Crippen LogP) is -0.202. The molecule has 0 aliphatic heterocycles. The van der Waals surface area contributed by atoms with Crippen LogP contribution in [-0.4, -0.2) is 40.7 Å². The van der Waals surface area contributed by atoms with Crippen LogP contribution in [0.25, 0.3) is 0 Å². The first-order valence-corrected chi connectivity index (χ1v) is 6.07. The van der Waals surface area contributed by atoms with Gasteiger partial charge >= 0.3 is 5.97 Å². The van der Waals surface area contributed by atoms with Crippen LogP contribution >= 0.6 is 0 Å². The first kappa shape index (κ1) is 15.6. The molecule has 0 bridgehead atoms. The average molecular weight is 265 g/mol. The monoisotopic (exact) mass is 265 g/mol. The summed E-state index contributed by atoms with van der Waals surface area (Å²) in [5.74, 6) is -2.44. The van der Waals surface area contributed by atoms with Crippen LogP contribution in [0.15, 0.2) is 12.2 Å². The lowest BCUT2D eigenvalue weighted by atomic mass is 9.99. The molecule has 0 aromatic rings. The molecule has 0 saturated carbocycles. The molecule has 0 aliphatic rings. The number of aliphatic carboxylic acids is 1. The largest absolute Gasteiger partial charge is 0.480 e. The van der Waals surface area contributed by atoms with Crippen LogP contribution < -0.4 is 5.32 Å². The van der Waals surface area contributed by atoms with Crippen molar-refractivity contribution >= 4 is 22.0 Å². The fourth-order valence-corrected chi connectivity index (χ4v) is 2.33. The Morgan fingerprint density at radius 2 is 1.76 bits per heavy atom. The second-order valence-electron chi connectivity index (χ2n) is 4.19. The number of rotatable bonds is 5. The Hall–Kier alpha value is -1.41. The summed E-state index contributed by atoms with van der Waals surface area (Å²) in [6.07, 6.45) is 0. The minimum absolute atomic E-state index is 0.0950. The molecule has 0 saturated heterocycles. The Kier molecular flexibility index (Phi) is 4.44. The number of carbonyl (C=O) groups excluding carboxylic acids is 1. The topological polar surface area (TPSA) is 121 Å². The van der Waals surface area contributed by atoms with Crippen molar-refractivity contribution in [3.05, 3.63) is 12.2 Å². The van der Waals surface area contributed by atoms with Crippen LogP contribution in [0.3, 0.4) is 0 Å². The van der Waals surface area contributed by atoms with E-state index in [1.165, 1.54) is 20.8 Å². The number of carboxylic acids is 1. The van der Waals surface area contributed by atoms with E-state index in [0.717, 1.165) is 0 Å². The Morgan fingerprint density at radius 3 is 2.00 bits per heavy atom. The third-order valence-corrected chi connectivity index (χ3v) is 3.39. The molecule has 17 heavy (non-hydrogen) atoms. The van der Waals surface area contributed by atoms with Crippen molar-refractivity contribution in [3.63, 3.8) is 0 Å². The Balaban J connectivity index is 5.33. The Labute approximate surface area is 99.3 Å². The molecule has 8 heteroatoms. The van der Waals surface area contributed by atoms with Crippen LogP contribution in [0.4, 0.5) is 0 Å². The summed E-state index contributed by atoms with van der Waals surface area (Å²) in [5, 5.41) is 8.81. The first-order chi connectivity index (χ1) is 7.39. The molecule has 0 heterocycles. The van der Waals surface area contributed by atoms with E-state index in [-0.39, 0.29) is 5.57 Å². The molecule has 0 aliphatic carbocycles. The van der Waals surface area contributed by atoms with Crippen molar-refractivity contribution in [2.75, 3.05) is 0 Å². The maximum atomic E-state index is 11.3. The van der Waals surface area contributed by atoms with Gasteiger partial charge in [-0.1, -0.05) is 6.58 Å². The van der Waals surface area contributed by atoms with Crippen molar-refractivity contribution in [1.29, 1.82) is 0 Å². The van der Waals surface area contributed by atoms with Crippen LogP contribution in [0.5, 0.6) is 0 Å². The summed E-state index contributed by atoms with van der Waals surface area (Å²) in [4.78, 5) is 22.2. The summed E-state index contributed by atoms with van der Waals surface area (Å²) in [7, 11) is -4.84. The number of carboxylic acid groups (broad SMARTS) is 1. The van der Waals surface area contributed by atoms with E-state index in [9.17, 15) is 18.0 Å². The van der Waals surface area contributed by atoms with Gasteiger partial charge in [-0.2, -0.15) is 8.42 Å². The molecule has 1 unspecified atom stereocenters.